The lowest BCUT2D eigenvalue weighted by atomic mass is 10.1. The van der Waals surface area contributed by atoms with Gasteiger partial charge in [0.2, 0.25) is 5.16 Å². The highest BCUT2D eigenvalue weighted by Gasteiger charge is 2.54. The van der Waals surface area contributed by atoms with Gasteiger partial charge in [-0.1, -0.05) is 12.2 Å². The van der Waals surface area contributed by atoms with Crippen molar-refractivity contribution in [3.63, 3.8) is 0 Å². The first-order chi connectivity index (χ1) is 7.78. The molecule has 6 nitrogen and oxygen atoms in total. The minimum atomic E-state index is -4.81. The van der Waals surface area contributed by atoms with Crippen molar-refractivity contribution < 1.29 is 24.3 Å². The van der Waals surface area contributed by atoms with Gasteiger partial charge in [0.05, 0.1) is 0 Å². The van der Waals surface area contributed by atoms with Crippen LogP contribution < -0.4 is 0 Å². The number of hydrogen-bond acceptors (Lipinski definition) is 3. The van der Waals surface area contributed by atoms with Crippen LogP contribution in [0.2, 0.25) is 0 Å². The molecule has 0 saturated carbocycles. The van der Waals surface area contributed by atoms with Crippen molar-refractivity contribution in [2.24, 2.45) is 0 Å². The summed E-state index contributed by atoms with van der Waals surface area (Å²) in [5.41, 5.74) is 1.07. The predicted octanol–water partition coefficient (Wildman–Crippen LogP) is 0.931. The Morgan fingerprint density at radius 3 is 2.50 bits per heavy atom. The number of aliphatic carboxylic acids is 1. The largest absolute Gasteiger partial charge is 0.480 e. The van der Waals surface area contributed by atoms with Crippen LogP contribution in [0.25, 0.3) is 0 Å². The Morgan fingerprint density at radius 2 is 2.06 bits per heavy atom. The maximum Gasteiger partial charge on any atom is 0.350 e. The summed E-state index contributed by atoms with van der Waals surface area (Å²) in [6.07, 6.45) is 5.74. The molecule has 1 aliphatic carbocycles. The molecule has 0 aromatic heterocycles. The first kappa shape index (κ1) is 15.4. The molecule has 3 N–H and O–H groups in total. The molecule has 8 heteroatoms. The summed E-state index contributed by atoms with van der Waals surface area (Å²) in [5, 5.41) is 6.87. The van der Waals surface area contributed by atoms with E-state index in [2.05, 4.69) is 0 Å². The summed E-state index contributed by atoms with van der Waals surface area (Å²) < 4.78 is 11.4. The molecule has 0 saturated heterocycles. The number of hydrogen-bond donors (Lipinski definition) is 3. The number of likely N-dealkylation sites (N-methyl/N-ethyl adjacent to an activating group) is 1. The van der Waals surface area contributed by atoms with Crippen molar-refractivity contribution >= 4 is 37.5 Å². The highest BCUT2D eigenvalue weighted by atomic mass is 127. The molecule has 0 spiro atoms. The summed E-state index contributed by atoms with van der Waals surface area (Å²) in [6, 6.07) is 0. The van der Waals surface area contributed by atoms with E-state index < -0.39 is 18.7 Å². The predicted molar refractivity (Wildman–Crippen MR) is 75.8 cm³/mol. The van der Waals surface area contributed by atoms with E-state index in [-0.39, 0.29) is 24.0 Å². The zero-order valence-corrected chi connectivity index (χ0v) is 12.7. The average molecular weight is 385 g/mol. The number of carboxylic acid groups (broad SMARTS) is 1. The Hall–Kier alpha value is -0.630. The molecule has 18 heavy (non-hydrogen) atoms. The lowest BCUT2D eigenvalue weighted by molar-refractivity contribution is -0.137. The van der Waals surface area contributed by atoms with Crippen LogP contribution in [0.4, 0.5) is 0 Å². The normalized spacial score (nSPS) is 26.1. The Bertz CT molecular complexity index is 520. The van der Waals surface area contributed by atoms with Gasteiger partial charge in [-0.25, -0.2) is 0 Å². The fourth-order valence-corrected chi connectivity index (χ4v) is 2.81. The van der Waals surface area contributed by atoms with Crippen molar-refractivity contribution in [1.29, 1.82) is 0 Å². The summed E-state index contributed by atoms with van der Waals surface area (Å²) in [6.45, 7) is 0.583. The second-order valence-corrected chi connectivity index (χ2v) is 5.91. The highest BCUT2D eigenvalue weighted by Crippen LogP contribution is 2.56. The van der Waals surface area contributed by atoms with E-state index in [1.807, 2.05) is 0 Å². The van der Waals surface area contributed by atoms with Crippen molar-refractivity contribution in [2.45, 2.75) is 5.16 Å². The van der Waals surface area contributed by atoms with Gasteiger partial charge in [-0.15, -0.1) is 24.0 Å². The Kier molecular flexibility index (Phi) is 4.12. The van der Waals surface area contributed by atoms with E-state index in [1.54, 1.807) is 24.1 Å². The van der Waals surface area contributed by atoms with Crippen LogP contribution in [0.1, 0.15) is 0 Å². The van der Waals surface area contributed by atoms with Crippen LogP contribution in [-0.2, 0) is 9.36 Å². The van der Waals surface area contributed by atoms with Crippen molar-refractivity contribution in [1.82, 2.24) is 4.90 Å². The molecule has 0 bridgehead atoms. The van der Waals surface area contributed by atoms with E-state index in [4.69, 9.17) is 5.11 Å². The molecule has 1 heterocycles. The zero-order valence-electron chi connectivity index (χ0n) is 9.48. The number of halogens is 1. The molecule has 0 amide bonds. The van der Waals surface area contributed by atoms with Gasteiger partial charge in [-0.05, 0) is 17.7 Å². The first-order valence-electron chi connectivity index (χ1n) is 4.91. The van der Waals surface area contributed by atoms with Crippen LogP contribution in [0, 0.1) is 0 Å². The molecule has 0 radical (unpaired) electrons. The average Bonchev–Trinajstić information content (AvgIpc) is 2.58. The van der Waals surface area contributed by atoms with E-state index in [9.17, 15) is 19.1 Å². The number of carbonyl (C=O) groups is 1. The third-order valence-electron chi connectivity index (χ3n) is 2.94. The Morgan fingerprint density at radius 1 is 1.44 bits per heavy atom. The van der Waals surface area contributed by atoms with Gasteiger partial charge in [0, 0.05) is 19.3 Å². The number of carboxylic acids is 1. The van der Waals surface area contributed by atoms with E-state index in [0.29, 0.717) is 17.8 Å². The van der Waals surface area contributed by atoms with E-state index in [1.165, 1.54) is 0 Å². The SMILES string of the molecule is CN1CC=CC2=CC(C(=O)O)(P(=O)(O)O)C=C21.I. The van der Waals surface area contributed by atoms with Crippen LogP contribution >= 0.6 is 31.6 Å². The fourth-order valence-electron chi connectivity index (χ4n) is 1.96. The van der Waals surface area contributed by atoms with E-state index >= 15 is 0 Å². The molecule has 1 unspecified atom stereocenters. The second-order valence-electron chi connectivity index (χ2n) is 4.09. The molecule has 2 aliphatic rings. The van der Waals surface area contributed by atoms with Gasteiger partial charge < -0.3 is 19.8 Å². The van der Waals surface area contributed by atoms with Crippen molar-refractivity contribution in [2.75, 3.05) is 13.6 Å². The summed E-state index contributed by atoms with van der Waals surface area (Å²) in [5.74, 6) is -1.54. The van der Waals surface area contributed by atoms with E-state index in [0.717, 1.165) is 12.2 Å². The molecular weight excluding hydrogens is 372 g/mol. The third kappa shape index (κ3) is 2.16. The smallest absolute Gasteiger partial charge is 0.350 e. The van der Waals surface area contributed by atoms with Crippen LogP contribution in [0.15, 0.2) is 35.6 Å². The van der Waals surface area contributed by atoms with Crippen molar-refractivity contribution in [3.8, 4) is 0 Å². The molecule has 1 aliphatic heterocycles. The van der Waals surface area contributed by atoms with Crippen LogP contribution in [0.3, 0.4) is 0 Å². The monoisotopic (exact) mass is 385 g/mol. The molecule has 100 valence electrons. The summed E-state index contributed by atoms with van der Waals surface area (Å²) in [4.78, 5) is 31.5. The van der Waals surface area contributed by atoms with Crippen LogP contribution in [0.5, 0.6) is 0 Å². The molecule has 0 aromatic carbocycles. The van der Waals surface area contributed by atoms with Crippen molar-refractivity contribution in [3.05, 3.63) is 35.6 Å². The lowest BCUT2D eigenvalue weighted by Gasteiger charge is -2.24. The minimum Gasteiger partial charge on any atom is -0.480 e. The Labute approximate surface area is 121 Å². The quantitative estimate of drug-likeness (QED) is 0.484. The topological polar surface area (TPSA) is 98.1 Å². The maximum atomic E-state index is 11.4. The minimum absolute atomic E-state index is 0. The van der Waals surface area contributed by atoms with Gasteiger partial charge in [0.15, 0.2) is 0 Å². The fraction of sp³-hybridized carbons (Fsp3) is 0.300. The lowest BCUT2D eigenvalue weighted by Crippen LogP contribution is -2.33. The summed E-state index contributed by atoms with van der Waals surface area (Å²) in [7, 11) is -3.08. The number of nitrogens with zero attached hydrogens (tertiary/aromatic N) is 1. The zero-order chi connectivity index (χ0) is 12.8. The number of rotatable bonds is 2. The van der Waals surface area contributed by atoms with Gasteiger partial charge in [-0.2, -0.15) is 0 Å². The summed E-state index contributed by atoms with van der Waals surface area (Å²) >= 11 is 0. The number of allylic oxidation sites excluding steroid dienone is 1. The maximum absolute atomic E-state index is 11.4. The molecule has 2 rings (SSSR count). The number of fused-ring (bicyclic) bond motifs is 1. The van der Waals surface area contributed by atoms with Crippen LogP contribution in [-0.4, -0.2) is 44.5 Å². The highest BCUT2D eigenvalue weighted by molar-refractivity contribution is 14.0. The second kappa shape index (κ2) is 4.80. The molecule has 0 aromatic rings. The van der Waals surface area contributed by atoms with Gasteiger partial charge in [0.25, 0.3) is 0 Å². The molecular formula is C10H13INO5P. The Balaban J connectivity index is 0.00000162. The molecule has 0 fully saturated rings. The standard InChI is InChI=1S/C10H12NO5P.HI/c1-11-4-2-3-7-5-10(9(12)13,6-8(7)11)17(14,15)16;/h2-3,5-6H,4H2,1H3,(H,12,13)(H2,14,15,16);1H. The van der Waals surface area contributed by atoms with Gasteiger partial charge in [0.1, 0.15) is 0 Å². The van der Waals surface area contributed by atoms with Gasteiger partial charge >= 0.3 is 13.6 Å². The molecule has 1 atom stereocenters. The third-order valence-corrected chi connectivity index (χ3v) is 4.35. The first-order valence-corrected chi connectivity index (χ1v) is 6.52. The van der Waals surface area contributed by atoms with Gasteiger partial charge in [-0.3, -0.25) is 9.36 Å².